The molecule has 2 aromatic carbocycles. The van der Waals surface area contributed by atoms with Crippen molar-refractivity contribution < 1.29 is 14.0 Å². The van der Waals surface area contributed by atoms with Gasteiger partial charge in [-0.05, 0) is 30.3 Å². The van der Waals surface area contributed by atoms with Crippen molar-refractivity contribution in [3.63, 3.8) is 0 Å². The van der Waals surface area contributed by atoms with Crippen LogP contribution in [0.4, 0.5) is 4.39 Å². The number of hydrogen-bond acceptors (Lipinski definition) is 3. The van der Waals surface area contributed by atoms with E-state index >= 15 is 0 Å². The maximum atomic E-state index is 13.2. The highest BCUT2D eigenvalue weighted by Crippen LogP contribution is 2.29. The van der Waals surface area contributed by atoms with Gasteiger partial charge in [-0.25, -0.2) is 4.39 Å². The Bertz CT molecular complexity index is 748. The molecule has 3 rings (SSSR count). The van der Waals surface area contributed by atoms with E-state index in [0.717, 1.165) is 11.1 Å². The summed E-state index contributed by atoms with van der Waals surface area (Å²) >= 11 is 0. The van der Waals surface area contributed by atoms with Crippen LogP contribution in [0.1, 0.15) is 23.5 Å². The minimum atomic E-state index is -0.402. The predicted octanol–water partition coefficient (Wildman–Crippen LogP) is 2.76. The smallest absolute Gasteiger partial charge is 0.238 e. The van der Waals surface area contributed by atoms with Gasteiger partial charge in [-0.3, -0.25) is 19.4 Å². The summed E-state index contributed by atoms with van der Waals surface area (Å²) in [5.41, 5.74) is 1.67. The average molecular weight is 326 g/mol. The molecular formula is C19H19FN2O2. The first-order valence-corrected chi connectivity index (χ1v) is 7.87. The molecule has 0 aliphatic carbocycles. The van der Waals surface area contributed by atoms with Crippen molar-refractivity contribution in [1.82, 2.24) is 9.80 Å². The van der Waals surface area contributed by atoms with Crippen LogP contribution >= 0.6 is 0 Å². The van der Waals surface area contributed by atoms with E-state index in [-0.39, 0.29) is 30.7 Å². The molecule has 1 aliphatic heterocycles. The molecule has 1 fully saturated rings. The minimum Gasteiger partial charge on any atom is -0.284 e. The number of nitrogens with zero attached hydrogens (tertiary/aromatic N) is 2. The summed E-state index contributed by atoms with van der Waals surface area (Å²) in [6.07, 6.45) is 0.205. The first-order chi connectivity index (χ1) is 11.5. The van der Waals surface area contributed by atoms with E-state index in [1.807, 2.05) is 41.3 Å². The van der Waals surface area contributed by atoms with Crippen molar-refractivity contribution in [2.75, 3.05) is 13.7 Å². The van der Waals surface area contributed by atoms with Gasteiger partial charge in [-0.15, -0.1) is 0 Å². The van der Waals surface area contributed by atoms with Gasteiger partial charge >= 0.3 is 0 Å². The van der Waals surface area contributed by atoms with E-state index in [2.05, 4.69) is 0 Å². The highest BCUT2D eigenvalue weighted by Gasteiger charge is 2.39. The summed E-state index contributed by atoms with van der Waals surface area (Å²) in [5.74, 6) is -1.03. The van der Waals surface area contributed by atoms with Crippen molar-refractivity contribution in [3.8, 4) is 0 Å². The standard InChI is InChI=1S/C19H19FN2O2/c1-21(12-14-6-5-9-16(20)10-14)13-22-18(23)11-17(19(22)24)15-7-3-2-4-8-15/h2-10,17H,11-13H2,1H3/t17-/m1/s1. The maximum Gasteiger partial charge on any atom is 0.238 e. The third-order valence-electron chi connectivity index (χ3n) is 4.17. The fraction of sp³-hybridized carbons (Fsp3) is 0.263. The van der Waals surface area contributed by atoms with Crippen LogP contribution in [0.3, 0.4) is 0 Å². The van der Waals surface area contributed by atoms with Gasteiger partial charge in [0.05, 0.1) is 12.6 Å². The summed E-state index contributed by atoms with van der Waals surface area (Å²) in [4.78, 5) is 27.9. The zero-order chi connectivity index (χ0) is 17.1. The second-order valence-electron chi connectivity index (χ2n) is 6.11. The van der Waals surface area contributed by atoms with Crippen molar-refractivity contribution in [1.29, 1.82) is 0 Å². The lowest BCUT2D eigenvalue weighted by Crippen LogP contribution is -2.39. The van der Waals surface area contributed by atoms with Gasteiger partial charge in [0, 0.05) is 13.0 Å². The van der Waals surface area contributed by atoms with E-state index in [1.54, 1.807) is 13.1 Å². The zero-order valence-corrected chi connectivity index (χ0v) is 13.5. The fourth-order valence-corrected chi connectivity index (χ4v) is 3.02. The summed E-state index contributed by atoms with van der Waals surface area (Å²) in [7, 11) is 1.81. The Kier molecular flexibility index (Phi) is 4.71. The van der Waals surface area contributed by atoms with Crippen LogP contribution in [-0.2, 0) is 16.1 Å². The molecule has 1 aliphatic rings. The maximum absolute atomic E-state index is 13.2. The highest BCUT2D eigenvalue weighted by atomic mass is 19.1. The van der Waals surface area contributed by atoms with Crippen LogP contribution in [0.5, 0.6) is 0 Å². The van der Waals surface area contributed by atoms with Gasteiger partial charge in [-0.2, -0.15) is 0 Å². The van der Waals surface area contributed by atoms with E-state index in [1.165, 1.54) is 17.0 Å². The number of likely N-dealkylation sites (tertiary alicyclic amines) is 1. The van der Waals surface area contributed by atoms with Gasteiger partial charge in [0.1, 0.15) is 5.82 Å². The molecule has 0 unspecified atom stereocenters. The quantitative estimate of drug-likeness (QED) is 0.793. The predicted molar refractivity (Wildman–Crippen MR) is 88.4 cm³/mol. The number of amides is 2. The number of halogens is 1. The van der Waals surface area contributed by atoms with Gasteiger partial charge in [0.25, 0.3) is 0 Å². The van der Waals surface area contributed by atoms with Crippen LogP contribution in [0.25, 0.3) is 0 Å². The molecule has 1 saturated heterocycles. The van der Waals surface area contributed by atoms with Crippen molar-refractivity contribution in [3.05, 3.63) is 71.5 Å². The topological polar surface area (TPSA) is 40.6 Å². The van der Waals surface area contributed by atoms with Crippen molar-refractivity contribution >= 4 is 11.8 Å². The van der Waals surface area contributed by atoms with Crippen LogP contribution < -0.4 is 0 Å². The van der Waals surface area contributed by atoms with Crippen LogP contribution in [0, 0.1) is 5.82 Å². The van der Waals surface area contributed by atoms with Crippen LogP contribution in [0.2, 0.25) is 0 Å². The number of carbonyl (C=O) groups is 2. The highest BCUT2D eigenvalue weighted by molar-refractivity contribution is 6.06. The second kappa shape index (κ2) is 6.93. The van der Waals surface area contributed by atoms with Crippen LogP contribution in [-0.4, -0.2) is 35.3 Å². The Balaban J connectivity index is 1.66. The minimum absolute atomic E-state index is 0.167. The molecule has 0 spiro atoms. The molecule has 0 aromatic heterocycles. The largest absolute Gasteiger partial charge is 0.284 e. The summed E-state index contributed by atoms with van der Waals surface area (Å²) in [6.45, 7) is 0.669. The van der Waals surface area contributed by atoms with Crippen molar-refractivity contribution in [2.24, 2.45) is 0 Å². The number of imide groups is 1. The number of hydrogen-bond donors (Lipinski definition) is 0. The normalized spacial score (nSPS) is 17.8. The first-order valence-electron chi connectivity index (χ1n) is 7.87. The summed E-state index contributed by atoms with van der Waals surface area (Å²) in [6, 6.07) is 15.7. The summed E-state index contributed by atoms with van der Waals surface area (Å²) in [5, 5.41) is 0. The molecule has 0 N–H and O–H groups in total. The molecule has 5 heteroatoms. The molecule has 4 nitrogen and oxygen atoms in total. The van der Waals surface area contributed by atoms with Crippen molar-refractivity contribution in [2.45, 2.75) is 18.9 Å². The fourth-order valence-electron chi connectivity index (χ4n) is 3.02. The van der Waals surface area contributed by atoms with Gasteiger partial charge in [-0.1, -0.05) is 42.5 Å². The molecule has 2 amide bonds. The van der Waals surface area contributed by atoms with E-state index in [4.69, 9.17) is 0 Å². The van der Waals surface area contributed by atoms with Gasteiger partial charge in [0.15, 0.2) is 0 Å². The molecule has 1 atom stereocenters. The Labute approximate surface area is 140 Å². The molecule has 124 valence electrons. The number of benzene rings is 2. The molecule has 2 aromatic rings. The Hall–Kier alpha value is -2.53. The lowest BCUT2D eigenvalue weighted by atomic mass is 9.98. The molecule has 24 heavy (non-hydrogen) atoms. The first kappa shape index (κ1) is 16.3. The third-order valence-corrected chi connectivity index (χ3v) is 4.17. The lowest BCUT2D eigenvalue weighted by Gasteiger charge is -2.23. The second-order valence-corrected chi connectivity index (χ2v) is 6.11. The Morgan fingerprint density at radius 1 is 1.12 bits per heavy atom. The number of carbonyl (C=O) groups excluding carboxylic acids is 2. The zero-order valence-electron chi connectivity index (χ0n) is 13.5. The van der Waals surface area contributed by atoms with E-state index in [9.17, 15) is 14.0 Å². The van der Waals surface area contributed by atoms with E-state index in [0.29, 0.717) is 6.54 Å². The molecular weight excluding hydrogens is 307 g/mol. The molecule has 0 radical (unpaired) electrons. The SMILES string of the molecule is CN(Cc1cccc(F)c1)CN1C(=O)C[C@H](c2ccccc2)C1=O. The van der Waals surface area contributed by atoms with Crippen LogP contribution in [0.15, 0.2) is 54.6 Å². The summed E-state index contributed by atoms with van der Waals surface area (Å²) < 4.78 is 13.2. The molecule has 0 saturated carbocycles. The van der Waals surface area contributed by atoms with E-state index < -0.39 is 5.92 Å². The Morgan fingerprint density at radius 3 is 2.58 bits per heavy atom. The molecule has 1 heterocycles. The van der Waals surface area contributed by atoms with Gasteiger partial charge < -0.3 is 0 Å². The average Bonchev–Trinajstić information content (AvgIpc) is 2.84. The third kappa shape index (κ3) is 3.51. The Morgan fingerprint density at radius 2 is 1.88 bits per heavy atom. The molecule has 0 bridgehead atoms. The number of rotatable bonds is 5. The lowest BCUT2D eigenvalue weighted by molar-refractivity contribution is -0.141. The van der Waals surface area contributed by atoms with Gasteiger partial charge in [0.2, 0.25) is 11.8 Å². The monoisotopic (exact) mass is 326 g/mol.